The van der Waals surface area contributed by atoms with Crippen LogP contribution in [0.1, 0.15) is 44.3 Å². The van der Waals surface area contributed by atoms with Crippen molar-refractivity contribution in [3.63, 3.8) is 0 Å². The molecule has 0 amide bonds. The van der Waals surface area contributed by atoms with E-state index in [-0.39, 0.29) is 11.2 Å². The van der Waals surface area contributed by atoms with Gasteiger partial charge in [-0.1, -0.05) is 6.92 Å². The van der Waals surface area contributed by atoms with Gasteiger partial charge >= 0.3 is 0 Å². The fraction of sp³-hybridized carbons (Fsp3) is 0.533. The largest absolute Gasteiger partial charge is 0.326 e. The lowest BCUT2D eigenvalue weighted by atomic mass is 10.0. The summed E-state index contributed by atoms with van der Waals surface area (Å²) < 4.78 is 15.6. The van der Waals surface area contributed by atoms with Gasteiger partial charge in [0.15, 0.2) is 0 Å². The summed E-state index contributed by atoms with van der Waals surface area (Å²) in [7, 11) is 0. The van der Waals surface area contributed by atoms with Crippen molar-refractivity contribution in [2.45, 2.75) is 45.0 Å². The molecule has 1 aromatic carbocycles. The first-order valence-electron chi connectivity index (χ1n) is 6.84. The van der Waals surface area contributed by atoms with Crippen LogP contribution < -0.4 is 0 Å². The fourth-order valence-electron chi connectivity index (χ4n) is 2.72. The number of benzene rings is 1. The Morgan fingerprint density at radius 1 is 1.47 bits per heavy atom. The van der Waals surface area contributed by atoms with Gasteiger partial charge < -0.3 is 4.57 Å². The molecule has 0 radical (unpaired) electrons. The summed E-state index contributed by atoms with van der Waals surface area (Å²) in [4.78, 5) is 4.56. The van der Waals surface area contributed by atoms with Crippen LogP contribution in [0, 0.1) is 11.2 Å². The molecule has 1 aliphatic rings. The first-order chi connectivity index (χ1) is 9.04. The molecule has 0 spiro atoms. The van der Waals surface area contributed by atoms with E-state index in [9.17, 15) is 4.39 Å². The third kappa shape index (κ3) is 2.25. The summed E-state index contributed by atoms with van der Waals surface area (Å²) in [6.45, 7) is 5.04. The van der Waals surface area contributed by atoms with Crippen molar-refractivity contribution in [3.8, 4) is 0 Å². The number of imidazole rings is 1. The lowest BCUT2D eigenvalue weighted by molar-refractivity contribution is 0.407. The van der Waals surface area contributed by atoms with Crippen molar-refractivity contribution >= 4 is 22.6 Å². The third-order valence-corrected chi connectivity index (χ3v) is 4.49. The topological polar surface area (TPSA) is 17.8 Å². The van der Waals surface area contributed by atoms with Gasteiger partial charge in [0.1, 0.15) is 11.6 Å². The molecule has 2 aromatic rings. The number of halogens is 2. The number of fused-ring (bicyclic) bond motifs is 1. The van der Waals surface area contributed by atoms with E-state index < -0.39 is 0 Å². The summed E-state index contributed by atoms with van der Waals surface area (Å²) >= 11 is 6.23. The highest BCUT2D eigenvalue weighted by Crippen LogP contribution is 2.50. The van der Waals surface area contributed by atoms with Gasteiger partial charge in [-0.15, -0.1) is 11.6 Å². The molecule has 4 heteroatoms. The van der Waals surface area contributed by atoms with E-state index in [1.54, 1.807) is 12.1 Å². The number of alkyl halides is 1. The van der Waals surface area contributed by atoms with E-state index in [0.29, 0.717) is 5.41 Å². The highest BCUT2D eigenvalue weighted by Gasteiger charge is 2.41. The van der Waals surface area contributed by atoms with Crippen LogP contribution in [0.15, 0.2) is 18.2 Å². The van der Waals surface area contributed by atoms with Crippen LogP contribution >= 0.6 is 11.6 Å². The van der Waals surface area contributed by atoms with Crippen molar-refractivity contribution in [2.24, 2.45) is 5.41 Å². The molecule has 102 valence electrons. The second kappa shape index (κ2) is 4.48. The predicted molar refractivity (Wildman–Crippen MR) is 75.9 cm³/mol. The Labute approximate surface area is 117 Å². The number of hydrogen-bond acceptors (Lipinski definition) is 1. The zero-order valence-electron chi connectivity index (χ0n) is 11.3. The Kier molecular flexibility index (Phi) is 3.05. The molecule has 1 aromatic heterocycles. The normalized spacial score (nSPS) is 18.7. The zero-order chi connectivity index (χ0) is 13.6. The number of hydrogen-bond donors (Lipinski definition) is 0. The minimum Gasteiger partial charge on any atom is -0.326 e. The van der Waals surface area contributed by atoms with Crippen molar-refractivity contribution in [2.75, 3.05) is 0 Å². The first-order valence-corrected chi connectivity index (χ1v) is 7.28. The Morgan fingerprint density at radius 2 is 2.21 bits per heavy atom. The molecule has 0 saturated heterocycles. The van der Waals surface area contributed by atoms with Gasteiger partial charge in [0.05, 0.1) is 16.4 Å². The minimum absolute atomic E-state index is 0.164. The van der Waals surface area contributed by atoms with Gasteiger partial charge in [-0.25, -0.2) is 9.37 Å². The van der Waals surface area contributed by atoms with Crippen molar-refractivity contribution in [1.82, 2.24) is 9.55 Å². The molecule has 1 aliphatic carbocycles. The van der Waals surface area contributed by atoms with Crippen LogP contribution in [-0.4, -0.2) is 9.55 Å². The Morgan fingerprint density at radius 3 is 2.79 bits per heavy atom. The standard InChI is InChI=1S/C15H18ClFN2/c1-3-15(6-7-15)9-19-13-8-11(17)4-5-12(13)18-14(19)10(2)16/h4-5,8,10H,3,6-7,9H2,1-2H3. The van der Waals surface area contributed by atoms with Crippen LogP contribution in [0.3, 0.4) is 0 Å². The van der Waals surface area contributed by atoms with E-state index in [4.69, 9.17) is 11.6 Å². The molecule has 3 rings (SSSR count). The first kappa shape index (κ1) is 12.9. The van der Waals surface area contributed by atoms with Crippen LogP contribution in [-0.2, 0) is 6.54 Å². The lowest BCUT2D eigenvalue weighted by Crippen LogP contribution is -2.13. The van der Waals surface area contributed by atoms with Crippen LogP contribution in [0.2, 0.25) is 0 Å². The Balaban J connectivity index is 2.13. The SMILES string of the molecule is CCC1(Cn2c(C(C)Cl)nc3ccc(F)cc32)CC1. The summed E-state index contributed by atoms with van der Waals surface area (Å²) in [5.41, 5.74) is 2.07. The van der Waals surface area contributed by atoms with Gasteiger partial charge in [0, 0.05) is 6.54 Å². The molecule has 19 heavy (non-hydrogen) atoms. The number of aromatic nitrogens is 2. The Bertz CT molecular complexity index is 614. The van der Waals surface area contributed by atoms with Crippen molar-refractivity contribution in [3.05, 3.63) is 29.8 Å². The summed E-state index contributed by atoms with van der Waals surface area (Å²) in [6, 6.07) is 4.75. The molecular formula is C15H18ClFN2. The van der Waals surface area contributed by atoms with E-state index >= 15 is 0 Å². The molecule has 2 nitrogen and oxygen atoms in total. The summed E-state index contributed by atoms with van der Waals surface area (Å²) in [5, 5.41) is -0.164. The molecular weight excluding hydrogens is 263 g/mol. The van der Waals surface area contributed by atoms with Gasteiger partial charge in [0.2, 0.25) is 0 Å². The zero-order valence-corrected chi connectivity index (χ0v) is 12.0. The van der Waals surface area contributed by atoms with E-state index in [1.165, 1.54) is 18.9 Å². The Hall–Kier alpha value is -1.09. The highest BCUT2D eigenvalue weighted by molar-refractivity contribution is 6.20. The average molecular weight is 281 g/mol. The number of rotatable bonds is 4. The lowest BCUT2D eigenvalue weighted by Gasteiger charge is -2.17. The van der Waals surface area contributed by atoms with Gasteiger partial charge in [0.25, 0.3) is 0 Å². The fourth-order valence-corrected chi connectivity index (χ4v) is 2.89. The summed E-state index contributed by atoms with van der Waals surface area (Å²) in [6.07, 6.45) is 3.64. The van der Waals surface area contributed by atoms with E-state index in [2.05, 4.69) is 16.5 Å². The van der Waals surface area contributed by atoms with Crippen LogP contribution in [0.5, 0.6) is 0 Å². The number of nitrogens with zero attached hydrogens (tertiary/aromatic N) is 2. The maximum atomic E-state index is 13.5. The van der Waals surface area contributed by atoms with Crippen molar-refractivity contribution in [1.29, 1.82) is 0 Å². The smallest absolute Gasteiger partial charge is 0.127 e. The van der Waals surface area contributed by atoms with Crippen LogP contribution in [0.4, 0.5) is 4.39 Å². The molecule has 0 N–H and O–H groups in total. The molecule has 1 heterocycles. The molecule has 1 atom stereocenters. The maximum Gasteiger partial charge on any atom is 0.127 e. The molecule has 0 aliphatic heterocycles. The molecule has 1 unspecified atom stereocenters. The predicted octanol–water partition coefficient (Wildman–Crippen LogP) is 4.67. The van der Waals surface area contributed by atoms with Crippen LogP contribution in [0.25, 0.3) is 11.0 Å². The van der Waals surface area contributed by atoms with Gasteiger partial charge in [-0.2, -0.15) is 0 Å². The van der Waals surface area contributed by atoms with E-state index in [1.807, 2.05) is 6.92 Å². The minimum atomic E-state index is -0.219. The van der Waals surface area contributed by atoms with Gasteiger partial charge in [-0.3, -0.25) is 0 Å². The second-order valence-electron chi connectivity index (χ2n) is 5.66. The van der Waals surface area contributed by atoms with Gasteiger partial charge in [-0.05, 0) is 49.8 Å². The molecule has 0 bridgehead atoms. The summed E-state index contributed by atoms with van der Waals surface area (Å²) in [5.74, 6) is 0.630. The van der Waals surface area contributed by atoms with E-state index in [0.717, 1.165) is 29.8 Å². The highest BCUT2D eigenvalue weighted by atomic mass is 35.5. The molecule has 1 fully saturated rings. The maximum absolute atomic E-state index is 13.5. The van der Waals surface area contributed by atoms with Crippen molar-refractivity contribution < 1.29 is 4.39 Å². The average Bonchev–Trinajstić information content (AvgIpc) is 3.07. The monoisotopic (exact) mass is 280 g/mol. The third-order valence-electron chi connectivity index (χ3n) is 4.30. The molecule has 1 saturated carbocycles. The second-order valence-corrected chi connectivity index (χ2v) is 6.31. The quantitative estimate of drug-likeness (QED) is 0.745.